The lowest BCUT2D eigenvalue weighted by Gasteiger charge is -1.97. The van der Waals surface area contributed by atoms with Gasteiger partial charge in [0.2, 0.25) is 5.82 Å². The van der Waals surface area contributed by atoms with Crippen LogP contribution in [0, 0.1) is 0 Å². The van der Waals surface area contributed by atoms with Crippen molar-refractivity contribution in [3.05, 3.63) is 35.5 Å². The zero-order chi connectivity index (χ0) is 12.3. The van der Waals surface area contributed by atoms with Gasteiger partial charge in [0.25, 0.3) is 0 Å². The second kappa shape index (κ2) is 6.41. The van der Waals surface area contributed by atoms with Crippen molar-refractivity contribution < 1.29 is 0 Å². The first-order valence-corrected chi connectivity index (χ1v) is 7.93. The van der Waals surface area contributed by atoms with Gasteiger partial charge in [-0.2, -0.15) is 4.80 Å². The third kappa shape index (κ3) is 3.84. The van der Waals surface area contributed by atoms with Crippen molar-refractivity contribution in [3.63, 3.8) is 0 Å². The van der Waals surface area contributed by atoms with Gasteiger partial charge in [0, 0.05) is 9.14 Å². The molecule has 0 radical (unpaired) electrons. The smallest absolute Gasteiger partial charge is 0.159 e. The molecule has 0 unspecified atom stereocenters. The van der Waals surface area contributed by atoms with E-state index in [0.717, 1.165) is 5.56 Å². The van der Waals surface area contributed by atoms with Crippen LogP contribution < -0.4 is 0 Å². The molecule has 2 rings (SSSR count). The molecule has 1 aromatic carbocycles. The molecule has 17 heavy (non-hydrogen) atoms. The molecular formula is C10H7I3N4. The van der Waals surface area contributed by atoms with E-state index in [1.807, 2.05) is 30.3 Å². The largest absolute Gasteiger partial charge is 0.204 e. The highest BCUT2D eigenvalue weighted by Crippen LogP contribution is 2.26. The first-order valence-electron chi connectivity index (χ1n) is 4.69. The van der Waals surface area contributed by atoms with Gasteiger partial charge in [-0.05, 0) is 73.0 Å². The van der Waals surface area contributed by atoms with Crippen LogP contribution in [-0.2, 0) is 6.54 Å². The summed E-state index contributed by atoms with van der Waals surface area (Å²) in [6.45, 7) is 0.668. The fourth-order valence-electron chi connectivity index (χ4n) is 1.20. The van der Waals surface area contributed by atoms with Crippen molar-refractivity contribution in [2.24, 2.45) is 0 Å². The van der Waals surface area contributed by atoms with Gasteiger partial charge in [0.05, 0.1) is 8.13 Å². The Kier molecular flexibility index (Phi) is 5.14. The number of rotatable bonds is 3. The summed E-state index contributed by atoms with van der Waals surface area (Å²) in [5.41, 5.74) is 0.988. The predicted octanol–water partition coefficient (Wildman–Crippen LogP) is 3.81. The van der Waals surface area contributed by atoms with E-state index in [1.54, 1.807) is 4.80 Å². The van der Waals surface area contributed by atoms with Crippen LogP contribution >= 0.6 is 67.8 Å². The summed E-state index contributed by atoms with van der Waals surface area (Å²) >= 11 is 6.86. The Bertz CT molecular complexity index is 531. The zero-order valence-electron chi connectivity index (χ0n) is 8.52. The van der Waals surface area contributed by atoms with Crippen LogP contribution in [0.2, 0.25) is 0 Å². The monoisotopic (exact) mass is 564 g/mol. The summed E-state index contributed by atoms with van der Waals surface area (Å²) in [6.07, 6.45) is 0. The minimum atomic E-state index is 0.665. The molecule has 0 N–H and O–H groups in total. The SMILES string of the molecule is IC(I)=C(I)Cn1nnc(-c2ccccc2)n1. The molecule has 1 aromatic heterocycles. The molecule has 0 fully saturated rings. The highest BCUT2D eigenvalue weighted by Gasteiger charge is 2.06. The summed E-state index contributed by atoms with van der Waals surface area (Å²) in [5.74, 6) is 0.665. The van der Waals surface area contributed by atoms with Crippen molar-refractivity contribution in [3.8, 4) is 11.4 Å². The zero-order valence-corrected chi connectivity index (χ0v) is 15.0. The number of halogens is 3. The highest BCUT2D eigenvalue weighted by molar-refractivity contribution is 14.2. The van der Waals surface area contributed by atoms with Crippen molar-refractivity contribution in [1.29, 1.82) is 0 Å². The highest BCUT2D eigenvalue weighted by atomic mass is 127. The van der Waals surface area contributed by atoms with Gasteiger partial charge >= 0.3 is 0 Å². The van der Waals surface area contributed by atoms with Crippen molar-refractivity contribution in [2.45, 2.75) is 6.54 Å². The second-order valence-corrected chi connectivity index (χ2v) is 8.70. The van der Waals surface area contributed by atoms with Gasteiger partial charge in [-0.3, -0.25) is 0 Å². The topological polar surface area (TPSA) is 43.6 Å². The minimum Gasteiger partial charge on any atom is -0.159 e. The van der Waals surface area contributed by atoms with Crippen LogP contribution in [0.15, 0.2) is 35.5 Å². The molecular weight excluding hydrogens is 557 g/mol. The van der Waals surface area contributed by atoms with E-state index in [4.69, 9.17) is 0 Å². The molecule has 0 amide bonds. The van der Waals surface area contributed by atoms with E-state index < -0.39 is 0 Å². The lowest BCUT2D eigenvalue weighted by Crippen LogP contribution is -2.02. The Hall–Kier alpha value is 0.220. The van der Waals surface area contributed by atoms with Crippen LogP contribution in [0.3, 0.4) is 0 Å². The Balaban J connectivity index is 2.20. The fourth-order valence-corrected chi connectivity index (χ4v) is 1.84. The number of nitrogens with zero attached hydrogens (tertiary/aromatic N) is 4. The van der Waals surface area contributed by atoms with Crippen molar-refractivity contribution in [2.75, 3.05) is 0 Å². The summed E-state index contributed by atoms with van der Waals surface area (Å²) < 4.78 is 2.43. The predicted molar refractivity (Wildman–Crippen MR) is 92.3 cm³/mol. The van der Waals surface area contributed by atoms with E-state index in [2.05, 4.69) is 83.2 Å². The molecule has 0 aliphatic carbocycles. The Morgan fingerprint density at radius 1 is 1.12 bits per heavy atom. The molecule has 0 atom stereocenters. The van der Waals surface area contributed by atoms with Crippen molar-refractivity contribution in [1.82, 2.24) is 20.2 Å². The molecule has 2 aromatic rings. The van der Waals surface area contributed by atoms with Crippen LogP contribution in [0.25, 0.3) is 11.4 Å². The third-order valence-corrected chi connectivity index (χ3v) is 6.22. The summed E-state index contributed by atoms with van der Waals surface area (Å²) in [5, 5.41) is 12.4. The van der Waals surface area contributed by atoms with E-state index in [1.165, 1.54) is 5.17 Å². The number of hydrogen-bond acceptors (Lipinski definition) is 3. The molecule has 0 aliphatic heterocycles. The van der Waals surface area contributed by atoms with Crippen LogP contribution in [0.4, 0.5) is 0 Å². The Labute approximate surface area is 140 Å². The van der Waals surface area contributed by atoms with Crippen LogP contribution in [0.1, 0.15) is 0 Å². The minimum absolute atomic E-state index is 0.665. The first kappa shape index (κ1) is 13.6. The maximum atomic E-state index is 4.35. The lowest BCUT2D eigenvalue weighted by atomic mass is 10.2. The summed E-state index contributed by atoms with van der Waals surface area (Å²) in [4.78, 5) is 1.61. The molecule has 1 heterocycles. The average Bonchev–Trinajstić information content (AvgIpc) is 2.78. The molecule has 0 spiro atoms. The fraction of sp³-hybridized carbons (Fsp3) is 0.100. The number of tetrazole rings is 1. The molecule has 0 saturated carbocycles. The van der Waals surface area contributed by atoms with Gasteiger partial charge in [-0.1, -0.05) is 30.3 Å². The molecule has 7 heteroatoms. The summed E-state index contributed by atoms with van der Waals surface area (Å²) in [7, 11) is 0. The van der Waals surface area contributed by atoms with Gasteiger partial charge in [0.1, 0.15) is 0 Å². The van der Waals surface area contributed by atoms with Gasteiger partial charge in [0.15, 0.2) is 0 Å². The van der Waals surface area contributed by atoms with Gasteiger partial charge in [-0.15, -0.1) is 10.2 Å². The molecule has 88 valence electrons. The Morgan fingerprint density at radius 3 is 2.47 bits per heavy atom. The molecule has 0 aliphatic rings. The Morgan fingerprint density at radius 2 is 1.82 bits per heavy atom. The quantitative estimate of drug-likeness (QED) is 0.534. The van der Waals surface area contributed by atoms with Crippen LogP contribution in [0.5, 0.6) is 0 Å². The second-order valence-electron chi connectivity index (χ2n) is 3.17. The standard InChI is InChI=1S/C10H7I3N4/c11-8(9(12)13)6-17-15-10(14-16-17)7-4-2-1-3-5-7/h1-5H,6H2. The third-order valence-electron chi connectivity index (χ3n) is 1.97. The van der Waals surface area contributed by atoms with E-state index in [9.17, 15) is 0 Å². The molecule has 0 bridgehead atoms. The van der Waals surface area contributed by atoms with E-state index in [0.29, 0.717) is 12.4 Å². The van der Waals surface area contributed by atoms with Crippen molar-refractivity contribution >= 4 is 67.8 Å². The summed E-state index contributed by atoms with van der Waals surface area (Å²) in [6, 6.07) is 9.85. The number of benzene rings is 1. The number of allylic oxidation sites excluding steroid dienone is 1. The maximum Gasteiger partial charge on any atom is 0.204 e. The number of hydrogen-bond donors (Lipinski definition) is 0. The molecule has 4 nitrogen and oxygen atoms in total. The normalized spacial score (nSPS) is 10.3. The van der Waals surface area contributed by atoms with Crippen LogP contribution in [-0.4, -0.2) is 20.2 Å². The van der Waals surface area contributed by atoms with Gasteiger partial charge < -0.3 is 0 Å². The van der Waals surface area contributed by atoms with E-state index >= 15 is 0 Å². The lowest BCUT2D eigenvalue weighted by molar-refractivity contribution is 0.581. The molecule has 0 saturated heterocycles. The number of aromatic nitrogens is 4. The first-order chi connectivity index (χ1) is 8.16. The van der Waals surface area contributed by atoms with E-state index in [-0.39, 0.29) is 0 Å². The maximum absolute atomic E-state index is 4.35. The van der Waals surface area contributed by atoms with Gasteiger partial charge in [-0.25, -0.2) is 0 Å². The average molecular weight is 564 g/mol.